The van der Waals surface area contributed by atoms with E-state index in [4.69, 9.17) is 9.15 Å². The van der Waals surface area contributed by atoms with Gasteiger partial charge in [0.1, 0.15) is 11.3 Å². The van der Waals surface area contributed by atoms with Crippen molar-refractivity contribution in [1.82, 2.24) is 9.97 Å². The molecule has 2 aromatic carbocycles. The first-order valence-corrected chi connectivity index (χ1v) is 6.77. The van der Waals surface area contributed by atoms with E-state index in [0.29, 0.717) is 0 Å². The van der Waals surface area contributed by atoms with Crippen LogP contribution in [0.3, 0.4) is 0 Å². The highest BCUT2D eigenvalue weighted by molar-refractivity contribution is 5.85. The number of hydrogen-bond donors (Lipinski definition) is 1. The molecular formula is C17H14N2O2. The van der Waals surface area contributed by atoms with Crippen molar-refractivity contribution < 1.29 is 9.15 Å². The lowest BCUT2D eigenvalue weighted by molar-refractivity contribution is 0.414. The lowest BCUT2D eigenvalue weighted by atomic mass is 10.2. The van der Waals surface area contributed by atoms with Crippen LogP contribution in [0.1, 0.15) is 5.56 Å². The van der Waals surface area contributed by atoms with Crippen molar-refractivity contribution in [3.8, 4) is 17.3 Å². The molecule has 4 heteroatoms. The highest BCUT2D eigenvalue weighted by Crippen LogP contribution is 2.30. The van der Waals surface area contributed by atoms with Crippen LogP contribution in [-0.4, -0.2) is 17.1 Å². The Bertz CT molecular complexity index is 950. The van der Waals surface area contributed by atoms with Gasteiger partial charge in [-0.15, -0.1) is 0 Å². The van der Waals surface area contributed by atoms with Crippen molar-refractivity contribution in [3.05, 3.63) is 48.0 Å². The van der Waals surface area contributed by atoms with Gasteiger partial charge in [0.2, 0.25) is 0 Å². The minimum Gasteiger partial charge on any atom is -0.497 e. The molecular weight excluding hydrogens is 264 g/mol. The third kappa shape index (κ3) is 1.96. The second-order valence-electron chi connectivity index (χ2n) is 5.12. The van der Waals surface area contributed by atoms with Crippen LogP contribution in [0.15, 0.2) is 46.9 Å². The smallest absolute Gasteiger partial charge is 0.174 e. The summed E-state index contributed by atoms with van der Waals surface area (Å²) in [6, 6.07) is 13.9. The predicted octanol–water partition coefficient (Wildman–Crippen LogP) is 4.29. The molecule has 4 rings (SSSR count). The van der Waals surface area contributed by atoms with Gasteiger partial charge in [0.25, 0.3) is 0 Å². The van der Waals surface area contributed by atoms with Crippen molar-refractivity contribution >= 4 is 22.0 Å². The highest BCUT2D eigenvalue weighted by atomic mass is 16.5. The fourth-order valence-corrected chi connectivity index (χ4v) is 2.50. The molecule has 4 aromatic rings. The molecule has 21 heavy (non-hydrogen) atoms. The summed E-state index contributed by atoms with van der Waals surface area (Å²) in [4.78, 5) is 7.89. The van der Waals surface area contributed by atoms with Crippen molar-refractivity contribution in [2.24, 2.45) is 0 Å². The molecule has 0 unspecified atom stereocenters. The van der Waals surface area contributed by atoms with Crippen LogP contribution < -0.4 is 4.74 Å². The Kier molecular flexibility index (Phi) is 2.51. The molecule has 4 nitrogen and oxygen atoms in total. The molecule has 0 aliphatic rings. The van der Waals surface area contributed by atoms with Gasteiger partial charge in [-0.1, -0.05) is 6.07 Å². The largest absolute Gasteiger partial charge is 0.497 e. The van der Waals surface area contributed by atoms with Crippen LogP contribution in [0.4, 0.5) is 0 Å². The van der Waals surface area contributed by atoms with Crippen LogP contribution in [0.2, 0.25) is 0 Å². The molecule has 0 radical (unpaired) electrons. The van der Waals surface area contributed by atoms with Crippen molar-refractivity contribution in [1.29, 1.82) is 0 Å². The number of furan rings is 1. The Morgan fingerprint density at radius 2 is 2.00 bits per heavy atom. The lowest BCUT2D eigenvalue weighted by Crippen LogP contribution is -1.79. The molecule has 2 aromatic heterocycles. The fourth-order valence-electron chi connectivity index (χ4n) is 2.50. The summed E-state index contributed by atoms with van der Waals surface area (Å²) >= 11 is 0. The van der Waals surface area contributed by atoms with Gasteiger partial charge >= 0.3 is 0 Å². The van der Waals surface area contributed by atoms with Gasteiger partial charge < -0.3 is 14.1 Å². The van der Waals surface area contributed by atoms with E-state index in [2.05, 4.69) is 29.0 Å². The lowest BCUT2D eigenvalue weighted by Gasteiger charge is -1.96. The summed E-state index contributed by atoms with van der Waals surface area (Å²) in [5.74, 6) is 2.25. The molecule has 0 saturated heterocycles. The molecule has 0 atom stereocenters. The van der Waals surface area contributed by atoms with Gasteiger partial charge in [0.05, 0.1) is 18.1 Å². The number of methoxy groups -OCH3 is 1. The Hall–Kier alpha value is -2.75. The number of hydrogen-bond acceptors (Lipinski definition) is 3. The number of nitrogens with one attached hydrogen (secondary N) is 1. The van der Waals surface area contributed by atoms with Crippen molar-refractivity contribution in [2.75, 3.05) is 7.11 Å². The van der Waals surface area contributed by atoms with Gasteiger partial charge in [0, 0.05) is 11.5 Å². The van der Waals surface area contributed by atoms with Crippen LogP contribution in [0, 0.1) is 6.92 Å². The zero-order chi connectivity index (χ0) is 14.4. The van der Waals surface area contributed by atoms with Gasteiger partial charge in [-0.25, -0.2) is 4.98 Å². The third-order valence-corrected chi connectivity index (χ3v) is 3.60. The first kappa shape index (κ1) is 12.0. The minimum atomic E-state index is 0.729. The summed E-state index contributed by atoms with van der Waals surface area (Å²) in [7, 11) is 1.65. The average molecular weight is 278 g/mol. The number of nitrogens with zero attached hydrogens (tertiary/aromatic N) is 1. The first-order valence-electron chi connectivity index (χ1n) is 6.77. The quantitative estimate of drug-likeness (QED) is 0.595. The zero-order valence-electron chi connectivity index (χ0n) is 11.8. The van der Waals surface area contributed by atoms with Gasteiger partial charge in [-0.3, -0.25) is 0 Å². The second-order valence-corrected chi connectivity index (χ2v) is 5.12. The molecule has 0 spiro atoms. The molecule has 1 N–H and O–H groups in total. The average Bonchev–Trinajstić information content (AvgIpc) is 3.08. The number of imidazole rings is 1. The SMILES string of the molecule is COc1ccc2cc(-c3nc4ccc(C)cc4[nH]3)oc2c1. The topological polar surface area (TPSA) is 51.0 Å². The molecule has 2 heterocycles. The Morgan fingerprint density at radius 3 is 2.86 bits per heavy atom. The predicted molar refractivity (Wildman–Crippen MR) is 82.6 cm³/mol. The number of benzene rings is 2. The summed E-state index contributed by atoms with van der Waals surface area (Å²) < 4.78 is 11.1. The van der Waals surface area contributed by atoms with Crippen molar-refractivity contribution in [3.63, 3.8) is 0 Å². The summed E-state index contributed by atoms with van der Waals surface area (Å²) in [5.41, 5.74) is 3.95. The standard InChI is InChI=1S/C17H14N2O2/c1-10-3-6-13-14(7-10)19-17(18-13)16-8-11-4-5-12(20-2)9-15(11)21-16/h3-9H,1-2H3,(H,18,19). The molecule has 104 valence electrons. The molecule has 0 bridgehead atoms. The van der Waals surface area contributed by atoms with Gasteiger partial charge in [-0.05, 0) is 42.8 Å². The number of H-pyrrole nitrogens is 1. The number of aromatic amines is 1. The van der Waals surface area contributed by atoms with E-state index in [1.807, 2.05) is 30.3 Å². The van der Waals surface area contributed by atoms with E-state index in [0.717, 1.165) is 39.3 Å². The highest BCUT2D eigenvalue weighted by Gasteiger charge is 2.11. The molecule has 0 fully saturated rings. The number of fused-ring (bicyclic) bond motifs is 2. The van der Waals surface area contributed by atoms with Gasteiger partial charge in [0.15, 0.2) is 11.6 Å². The normalized spacial score (nSPS) is 11.3. The summed E-state index contributed by atoms with van der Waals surface area (Å²) in [6.07, 6.45) is 0. The number of ether oxygens (including phenoxy) is 1. The maximum Gasteiger partial charge on any atom is 0.174 e. The summed E-state index contributed by atoms with van der Waals surface area (Å²) in [6.45, 7) is 2.06. The summed E-state index contributed by atoms with van der Waals surface area (Å²) in [5, 5.41) is 1.03. The van der Waals surface area contributed by atoms with E-state index in [1.165, 1.54) is 5.56 Å². The first-order chi connectivity index (χ1) is 10.2. The molecule has 0 aliphatic heterocycles. The van der Waals surface area contributed by atoms with Crippen molar-refractivity contribution in [2.45, 2.75) is 6.92 Å². The van der Waals surface area contributed by atoms with E-state index in [1.54, 1.807) is 7.11 Å². The third-order valence-electron chi connectivity index (χ3n) is 3.60. The van der Waals surface area contributed by atoms with Crippen LogP contribution in [0.25, 0.3) is 33.6 Å². The van der Waals surface area contributed by atoms with E-state index < -0.39 is 0 Å². The molecule has 0 saturated carbocycles. The Balaban J connectivity index is 1.87. The number of rotatable bonds is 2. The number of aryl methyl sites for hydroxylation is 1. The zero-order valence-corrected chi connectivity index (χ0v) is 11.8. The molecule has 0 amide bonds. The minimum absolute atomic E-state index is 0.729. The van der Waals surface area contributed by atoms with Gasteiger partial charge in [-0.2, -0.15) is 0 Å². The van der Waals surface area contributed by atoms with E-state index in [-0.39, 0.29) is 0 Å². The molecule has 0 aliphatic carbocycles. The van der Waals surface area contributed by atoms with E-state index in [9.17, 15) is 0 Å². The van der Waals surface area contributed by atoms with E-state index >= 15 is 0 Å². The Labute approximate surface area is 121 Å². The fraction of sp³-hybridized carbons (Fsp3) is 0.118. The maximum atomic E-state index is 5.88. The monoisotopic (exact) mass is 278 g/mol. The maximum absolute atomic E-state index is 5.88. The second kappa shape index (κ2) is 4.38. The van der Waals surface area contributed by atoms with Crippen LogP contribution in [0.5, 0.6) is 5.75 Å². The van der Waals surface area contributed by atoms with Crippen LogP contribution >= 0.6 is 0 Å². The Morgan fingerprint density at radius 1 is 1.10 bits per heavy atom. The number of aromatic nitrogens is 2. The van der Waals surface area contributed by atoms with Crippen LogP contribution in [-0.2, 0) is 0 Å².